The van der Waals surface area contributed by atoms with E-state index < -0.39 is 0 Å². The molecule has 0 saturated heterocycles. The quantitative estimate of drug-likeness (QED) is 0.200. The third-order valence-corrected chi connectivity index (χ3v) is 4.62. The minimum Gasteiger partial charge on any atom is -0.258 e. The Morgan fingerprint density at radius 1 is 0.885 bits per heavy atom. The first kappa shape index (κ1) is 16.0. The number of nitro groups is 1. The fourth-order valence-corrected chi connectivity index (χ4v) is 3.27. The average Bonchev–Trinajstić information content (AvgIpc) is 2.66. The van der Waals surface area contributed by atoms with Crippen LogP contribution in [0.4, 0.5) is 11.4 Å². The monoisotopic (exact) mass is 340 g/mol. The number of nitrogens with zero attached hydrogens (tertiary/aromatic N) is 2. The molecule has 0 aliphatic carbocycles. The van der Waals surface area contributed by atoms with Crippen molar-refractivity contribution in [3.8, 4) is 0 Å². The van der Waals surface area contributed by atoms with E-state index in [-0.39, 0.29) is 10.6 Å². The summed E-state index contributed by atoms with van der Waals surface area (Å²) in [7, 11) is 0. The van der Waals surface area contributed by atoms with Gasteiger partial charge < -0.3 is 0 Å². The lowest BCUT2D eigenvalue weighted by Crippen LogP contribution is -1.92. The van der Waals surface area contributed by atoms with Crippen molar-refractivity contribution < 1.29 is 4.92 Å². The largest absolute Gasteiger partial charge is 0.274 e. The normalized spacial score (nSPS) is 11.4. The fraction of sp³-hybridized carbons (Fsp3) is 0.0455. The second-order valence-corrected chi connectivity index (χ2v) is 6.17. The summed E-state index contributed by atoms with van der Waals surface area (Å²) < 4.78 is 0. The van der Waals surface area contributed by atoms with Crippen LogP contribution in [0.3, 0.4) is 0 Å². The molecule has 4 aromatic carbocycles. The molecule has 0 atom stereocenters. The number of hydrogen-bond donors (Lipinski definition) is 0. The van der Waals surface area contributed by atoms with Gasteiger partial charge in [-0.25, -0.2) is 0 Å². The molecule has 0 bridgehead atoms. The highest BCUT2D eigenvalue weighted by molar-refractivity contribution is 6.13. The van der Waals surface area contributed by atoms with Crippen LogP contribution in [0.25, 0.3) is 21.5 Å². The Balaban J connectivity index is 1.93. The molecule has 0 aliphatic heterocycles. The lowest BCUT2D eigenvalue weighted by Gasteiger charge is -2.08. The molecule has 0 spiro atoms. The van der Waals surface area contributed by atoms with E-state index in [1.54, 1.807) is 19.1 Å². The number of benzene rings is 4. The van der Waals surface area contributed by atoms with Gasteiger partial charge in [-0.3, -0.25) is 15.1 Å². The van der Waals surface area contributed by atoms with Crippen LogP contribution in [0, 0.1) is 17.0 Å². The van der Waals surface area contributed by atoms with Crippen molar-refractivity contribution in [1.82, 2.24) is 0 Å². The van der Waals surface area contributed by atoms with Crippen molar-refractivity contribution in [1.29, 1.82) is 0 Å². The van der Waals surface area contributed by atoms with E-state index in [9.17, 15) is 10.1 Å². The molecule has 4 heteroatoms. The number of rotatable bonds is 3. The minimum atomic E-state index is -0.373. The molecule has 0 aliphatic rings. The maximum atomic E-state index is 11.2. The van der Waals surface area contributed by atoms with Crippen molar-refractivity contribution in [3.63, 3.8) is 0 Å². The predicted molar refractivity (Wildman–Crippen MR) is 107 cm³/mol. The van der Waals surface area contributed by atoms with E-state index in [4.69, 9.17) is 0 Å². The SMILES string of the molecule is Cc1c(N=Cc2c3ccccc3cc3ccccc23)cccc1[N+](=O)[O-]. The van der Waals surface area contributed by atoms with Crippen molar-refractivity contribution >= 4 is 39.1 Å². The van der Waals surface area contributed by atoms with Crippen LogP contribution in [-0.2, 0) is 0 Å². The summed E-state index contributed by atoms with van der Waals surface area (Å²) in [6.07, 6.45) is 1.82. The summed E-state index contributed by atoms with van der Waals surface area (Å²) >= 11 is 0. The van der Waals surface area contributed by atoms with Crippen LogP contribution in [0.1, 0.15) is 11.1 Å². The molecule has 0 unspecified atom stereocenters. The van der Waals surface area contributed by atoms with E-state index in [0.29, 0.717) is 11.3 Å². The van der Waals surface area contributed by atoms with Crippen LogP contribution in [0.2, 0.25) is 0 Å². The summed E-state index contributed by atoms with van der Waals surface area (Å²) in [5.41, 5.74) is 2.28. The first-order chi connectivity index (χ1) is 12.6. The average molecular weight is 340 g/mol. The zero-order chi connectivity index (χ0) is 18.1. The Labute approximate surface area is 150 Å². The van der Waals surface area contributed by atoms with Gasteiger partial charge in [0.15, 0.2) is 0 Å². The molecule has 4 aromatic rings. The van der Waals surface area contributed by atoms with Crippen LogP contribution in [0.5, 0.6) is 0 Å². The standard InChI is InChI=1S/C22H16N2O2/c1-15-21(11-6-12-22(15)24(25)26)23-14-20-18-9-4-2-7-16(18)13-17-8-3-5-10-19(17)20/h2-14H,1H3. The Bertz CT molecular complexity index is 1130. The number of hydrogen-bond acceptors (Lipinski definition) is 3. The molecular formula is C22H16N2O2. The van der Waals surface area contributed by atoms with Gasteiger partial charge in [0.25, 0.3) is 5.69 Å². The second-order valence-electron chi connectivity index (χ2n) is 6.17. The molecular weight excluding hydrogens is 324 g/mol. The van der Waals surface area contributed by atoms with Gasteiger partial charge in [-0.15, -0.1) is 0 Å². The highest BCUT2D eigenvalue weighted by atomic mass is 16.6. The van der Waals surface area contributed by atoms with Gasteiger partial charge >= 0.3 is 0 Å². The number of nitro benzene ring substituents is 1. The lowest BCUT2D eigenvalue weighted by molar-refractivity contribution is -0.385. The van der Waals surface area contributed by atoms with Crippen molar-refractivity contribution in [2.24, 2.45) is 4.99 Å². The maximum absolute atomic E-state index is 11.2. The van der Waals surface area contributed by atoms with Gasteiger partial charge in [-0.05, 0) is 40.6 Å². The van der Waals surface area contributed by atoms with Crippen molar-refractivity contribution in [3.05, 3.63) is 94.0 Å². The molecule has 26 heavy (non-hydrogen) atoms. The van der Waals surface area contributed by atoms with Crippen LogP contribution in [0.15, 0.2) is 77.8 Å². The van der Waals surface area contributed by atoms with Gasteiger partial charge in [0, 0.05) is 17.8 Å². The van der Waals surface area contributed by atoms with E-state index in [1.807, 2.05) is 30.5 Å². The molecule has 0 heterocycles. The zero-order valence-corrected chi connectivity index (χ0v) is 14.2. The lowest BCUT2D eigenvalue weighted by atomic mass is 9.97. The molecule has 0 amide bonds. The van der Waals surface area contributed by atoms with E-state index in [0.717, 1.165) is 27.1 Å². The van der Waals surface area contributed by atoms with Gasteiger partial charge in [-0.1, -0.05) is 54.6 Å². The van der Waals surface area contributed by atoms with E-state index in [2.05, 4.69) is 35.3 Å². The molecule has 0 aromatic heterocycles. The highest BCUT2D eigenvalue weighted by Gasteiger charge is 2.12. The Morgan fingerprint density at radius 2 is 1.50 bits per heavy atom. The summed E-state index contributed by atoms with van der Waals surface area (Å²) in [5.74, 6) is 0. The van der Waals surface area contributed by atoms with Crippen LogP contribution in [-0.4, -0.2) is 11.1 Å². The molecule has 0 fully saturated rings. The molecule has 126 valence electrons. The molecule has 0 radical (unpaired) electrons. The number of aliphatic imine (C=N–C) groups is 1. The molecule has 0 saturated carbocycles. The summed E-state index contributed by atoms with van der Waals surface area (Å²) in [4.78, 5) is 15.4. The third-order valence-electron chi connectivity index (χ3n) is 4.62. The Hall–Kier alpha value is -3.53. The minimum absolute atomic E-state index is 0.0856. The van der Waals surface area contributed by atoms with E-state index >= 15 is 0 Å². The van der Waals surface area contributed by atoms with Crippen molar-refractivity contribution in [2.75, 3.05) is 0 Å². The van der Waals surface area contributed by atoms with Crippen LogP contribution >= 0.6 is 0 Å². The highest BCUT2D eigenvalue weighted by Crippen LogP contribution is 2.30. The van der Waals surface area contributed by atoms with E-state index in [1.165, 1.54) is 6.07 Å². The second kappa shape index (κ2) is 6.41. The topological polar surface area (TPSA) is 55.5 Å². The first-order valence-electron chi connectivity index (χ1n) is 8.34. The molecule has 0 N–H and O–H groups in total. The Kier molecular flexibility index (Phi) is 3.93. The first-order valence-corrected chi connectivity index (χ1v) is 8.34. The predicted octanol–water partition coefficient (Wildman–Crippen LogP) is 5.96. The smallest absolute Gasteiger partial charge is 0.258 e. The van der Waals surface area contributed by atoms with Gasteiger partial charge in [-0.2, -0.15) is 0 Å². The fourth-order valence-electron chi connectivity index (χ4n) is 3.27. The zero-order valence-electron chi connectivity index (χ0n) is 14.2. The van der Waals surface area contributed by atoms with Gasteiger partial charge in [0.1, 0.15) is 0 Å². The van der Waals surface area contributed by atoms with Gasteiger partial charge in [0.2, 0.25) is 0 Å². The van der Waals surface area contributed by atoms with Crippen molar-refractivity contribution in [2.45, 2.75) is 6.92 Å². The number of fused-ring (bicyclic) bond motifs is 2. The summed E-state index contributed by atoms with van der Waals surface area (Å²) in [6, 6.07) is 23.5. The third kappa shape index (κ3) is 2.71. The maximum Gasteiger partial charge on any atom is 0.274 e. The molecule has 4 nitrogen and oxygen atoms in total. The molecule has 4 rings (SSSR count). The summed E-state index contributed by atoms with van der Waals surface area (Å²) in [5, 5.41) is 15.7. The van der Waals surface area contributed by atoms with Crippen LogP contribution < -0.4 is 0 Å². The summed E-state index contributed by atoms with van der Waals surface area (Å²) in [6.45, 7) is 1.73. The Morgan fingerprint density at radius 3 is 2.12 bits per heavy atom. The van der Waals surface area contributed by atoms with Gasteiger partial charge in [0.05, 0.1) is 16.2 Å².